The standard InChI is InChI=1S/C20H23N3O4S/c1-22(16-8-6-9-17-14(16)11-21-23(17)2)20(24)19-15(12-28(3,25)26)13-7-4-5-10-18(13)27-19/h4-5,7,10-11,16H,6,8-9,12H2,1-3H3. The summed E-state index contributed by atoms with van der Waals surface area (Å²) in [5.41, 5.74) is 3.13. The minimum Gasteiger partial charge on any atom is -0.451 e. The largest absolute Gasteiger partial charge is 0.451 e. The summed E-state index contributed by atoms with van der Waals surface area (Å²) in [4.78, 5) is 15.0. The van der Waals surface area contributed by atoms with Gasteiger partial charge in [0.15, 0.2) is 15.6 Å². The molecule has 2 heterocycles. The van der Waals surface area contributed by atoms with Crippen LogP contribution >= 0.6 is 0 Å². The summed E-state index contributed by atoms with van der Waals surface area (Å²) in [6, 6.07) is 7.04. The van der Waals surface area contributed by atoms with Crippen LogP contribution in [0.4, 0.5) is 0 Å². The maximum absolute atomic E-state index is 13.3. The smallest absolute Gasteiger partial charge is 0.290 e. The summed E-state index contributed by atoms with van der Waals surface area (Å²) in [5, 5.41) is 5.00. The lowest BCUT2D eigenvalue weighted by Gasteiger charge is -2.31. The van der Waals surface area contributed by atoms with Crippen molar-refractivity contribution in [2.45, 2.75) is 31.1 Å². The normalized spacial score (nSPS) is 16.9. The summed E-state index contributed by atoms with van der Waals surface area (Å²) < 4.78 is 31.6. The van der Waals surface area contributed by atoms with E-state index in [2.05, 4.69) is 5.10 Å². The minimum absolute atomic E-state index is 0.102. The van der Waals surface area contributed by atoms with E-state index in [1.807, 2.05) is 24.0 Å². The Labute approximate surface area is 163 Å². The molecule has 8 heteroatoms. The molecule has 0 fully saturated rings. The fourth-order valence-corrected chi connectivity index (χ4v) is 4.87. The summed E-state index contributed by atoms with van der Waals surface area (Å²) in [6.45, 7) is 0. The summed E-state index contributed by atoms with van der Waals surface area (Å²) in [5.74, 6) is -0.441. The number of sulfone groups is 1. The van der Waals surface area contributed by atoms with Gasteiger partial charge in [-0.3, -0.25) is 9.48 Å². The monoisotopic (exact) mass is 401 g/mol. The van der Waals surface area contributed by atoms with Crippen LogP contribution in [0.1, 0.15) is 46.3 Å². The maximum Gasteiger partial charge on any atom is 0.290 e. The number of hydrogen-bond acceptors (Lipinski definition) is 5. The molecule has 0 aliphatic heterocycles. The van der Waals surface area contributed by atoms with Crippen molar-refractivity contribution >= 4 is 26.7 Å². The first-order valence-corrected chi connectivity index (χ1v) is 11.3. The first-order chi connectivity index (χ1) is 13.3. The molecule has 148 valence electrons. The van der Waals surface area contributed by atoms with Crippen molar-refractivity contribution in [1.82, 2.24) is 14.7 Å². The molecule has 1 amide bonds. The number of aryl methyl sites for hydroxylation is 1. The van der Waals surface area contributed by atoms with Gasteiger partial charge >= 0.3 is 0 Å². The van der Waals surface area contributed by atoms with Gasteiger partial charge in [0.05, 0.1) is 18.0 Å². The number of hydrogen-bond donors (Lipinski definition) is 0. The van der Waals surface area contributed by atoms with E-state index in [-0.39, 0.29) is 23.5 Å². The molecular weight excluding hydrogens is 378 g/mol. The molecule has 0 N–H and O–H groups in total. The Balaban J connectivity index is 1.76. The predicted octanol–water partition coefficient (Wildman–Crippen LogP) is 2.86. The molecule has 0 radical (unpaired) electrons. The number of furan rings is 1. The van der Waals surface area contributed by atoms with Gasteiger partial charge in [0.1, 0.15) is 5.58 Å². The molecule has 0 saturated carbocycles. The fourth-order valence-electron chi connectivity index (χ4n) is 4.06. The maximum atomic E-state index is 13.3. The van der Waals surface area contributed by atoms with E-state index in [1.54, 1.807) is 30.1 Å². The van der Waals surface area contributed by atoms with Gasteiger partial charge in [-0.2, -0.15) is 5.10 Å². The lowest BCUT2D eigenvalue weighted by molar-refractivity contribution is 0.0683. The zero-order valence-corrected chi connectivity index (χ0v) is 17.0. The van der Waals surface area contributed by atoms with Crippen LogP contribution in [0.3, 0.4) is 0 Å². The molecule has 1 aliphatic rings. The lowest BCUT2D eigenvalue weighted by Crippen LogP contribution is -2.33. The highest BCUT2D eigenvalue weighted by Crippen LogP contribution is 2.35. The molecule has 4 rings (SSSR count). The average molecular weight is 401 g/mol. The van der Waals surface area contributed by atoms with E-state index < -0.39 is 9.84 Å². The molecule has 0 spiro atoms. The number of aromatic nitrogens is 2. The zero-order chi connectivity index (χ0) is 20.1. The third-order valence-electron chi connectivity index (χ3n) is 5.43. The van der Waals surface area contributed by atoms with Gasteiger partial charge in [-0.15, -0.1) is 0 Å². The molecule has 1 aromatic carbocycles. The Morgan fingerprint density at radius 1 is 1.36 bits per heavy atom. The van der Waals surface area contributed by atoms with Crippen molar-refractivity contribution in [3.05, 3.63) is 53.0 Å². The van der Waals surface area contributed by atoms with Gasteiger partial charge in [-0.25, -0.2) is 8.42 Å². The van der Waals surface area contributed by atoms with Gasteiger partial charge in [-0.05, 0) is 25.3 Å². The van der Waals surface area contributed by atoms with Crippen LogP contribution < -0.4 is 0 Å². The van der Waals surface area contributed by atoms with Gasteiger partial charge in [0, 0.05) is 42.6 Å². The van der Waals surface area contributed by atoms with Gasteiger partial charge in [0.2, 0.25) is 0 Å². The third-order valence-corrected chi connectivity index (χ3v) is 6.24. The van der Waals surface area contributed by atoms with E-state index in [0.717, 1.165) is 36.8 Å². The molecule has 0 saturated heterocycles. The quantitative estimate of drug-likeness (QED) is 0.671. The molecule has 0 bridgehead atoms. The summed E-state index contributed by atoms with van der Waals surface area (Å²) in [7, 11) is 0.317. The number of fused-ring (bicyclic) bond motifs is 2. The second kappa shape index (κ2) is 6.77. The average Bonchev–Trinajstić information content (AvgIpc) is 3.21. The number of carbonyl (C=O) groups is 1. The Morgan fingerprint density at radius 2 is 2.11 bits per heavy atom. The number of rotatable bonds is 4. The van der Waals surface area contributed by atoms with Crippen LogP contribution in [0, 0.1) is 0 Å². The fraction of sp³-hybridized carbons (Fsp3) is 0.400. The molecule has 28 heavy (non-hydrogen) atoms. The van der Waals surface area contributed by atoms with Gasteiger partial charge in [0.25, 0.3) is 5.91 Å². The predicted molar refractivity (Wildman–Crippen MR) is 106 cm³/mol. The Kier molecular flexibility index (Phi) is 4.53. The molecule has 2 aromatic heterocycles. The number of carbonyl (C=O) groups excluding carboxylic acids is 1. The highest BCUT2D eigenvalue weighted by Gasteiger charge is 2.33. The van der Waals surface area contributed by atoms with Crippen molar-refractivity contribution in [2.75, 3.05) is 13.3 Å². The first kappa shape index (κ1) is 18.7. The van der Waals surface area contributed by atoms with Crippen LogP contribution in [-0.2, 0) is 29.1 Å². The number of amides is 1. The van der Waals surface area contributed by atoms with Crippen LogP contribution in [0.5, 0.6) is 0 Å². The van der Waals surface area contributed by atoms with E-state index in [0.29, 0.717) is 16.5 Å². The topological polar surface area (TPSA) is 85.4 Å². The van der Waals surface area contributed by atoms with Crippen LogP contribution in [0.25, 0.3) is 11.0 Å². The van der Waals surface area contributed by atoms with Gasteiger partial charge < -0.3 is 9.32 Å². The van der Waals surface area contributed by atoms with Gasteiger partial charge in [-0.1, -0.05) is 18.2 Å². The molecule has 3 aromatic rings. The number of nitrogens with zero attached hydrogens (tertiary/aromatic N) is 3. The van der Waals surface area contributed by atoms with Crippen LogP contribution in [0.2, 0.25) is 0 Å². The first-order valence-electron chi connectivity index (χ1n) is 9.22. The zero-order valence-electron chi connectivity index (χ0n) is 16.2. The highest BCUT2D eigenvalue weighted by molar-refractivity contribution is 7.89. The van der Waals surface area contributed by atoms with Crippen molar-refractivity contribution in [1.29, 1.82) is 0 Å². The second-order valence-electron chi connectivity index (χ2n) is 7.47. The Bertz CT molecular complexity index is 1160. The van der Waals surface area contributed by atoms with E-state index in [1.165, 1.54) is 0 Å². The highest BCUT2D eigenvalue weighted by atomic mass is 32.2. The minimum atomic E-state index is -3.33. The SMILES string of the molecule is CN(C(=O)c1oc2ccccc2c1CS(C)(=O)=O)C1CCCc2c1cnn2C. The van der Waals surface area contributed by atoms with E-state index >= 15 is 0 Å². The van der Waals surface area contributed by atoms with Crippen LogP contribution in [0.15, 0.2) is 34.9 Å². The van der Waals surface area contributed by atoms with Crippen molar-refractivity contribution < 1.29 is 17.6 Å². The molecule has 1 unspecified atom stereocenters. The molecule has 1 atom stereocenters. The van der Waals surface area contributed by atoms with Crippen LogP contribution in [-0.4, -0.2) is 42.3 Å². The Morgan fingerprint density at radius 3 is 2.86 bits per heavy atom. The summed E-state index contributed by atoms with van der Waals surface area (Å²) >= 11 is 0. The van der Waals surface area contributed by atoms with Crippen molar-refractivity contribution in [2.24, 2.45) is 7.05 Å². The van der Waals surface area contributed by atoms with Crippen molar-refractivity contribution in [3.63, 3.8) is 0 Å². The number of para-hydroxylation sites is 1. The number of benzene rings is 1. The lowest BCUT2D eigenvalue weighted by atomic mass is 9.92. The van der Waals surface area contributed by atoms with E-state index in [9.17, 15) is 13.2 Å². The van der Waals surface area contributed by atoms with E-state index in [4.69, 9.17) is 4.42 Å². The van der Waals surface area contributed by atoms with Crippen molar-refractivity contribution in [3.8, 4) is 0 Å². The third kappa shape index (κ3) is 3.22. The molecular formula is C20H23N3O4S. The second-order valence-corrected chi connectivity index (χ2v) is 9.61. The molecule has 7 nitrogen and oxygen atoms in total. The Hall–Kier alpha value is -2.61. The molecule has 1 aliphatic carbocycles. The summed E-state index contributed by atoms with van der Waals surface area (Å²) in [6.07, 6.45) is 5.72.